The summed E-state index contributed by atoms with van der Waals surface area (Å²) >= 11 is 6.15. The number of amides is 1. The zero-order valence-electron chi connectivity index (χ0n) is 31.4. The predicted octanol–water partition coefficient (Wildman–Crippen LogP) is 7.55. The Labute approximate surface area is 309 Å². The number of anilines is 1. The molecule has 0 saturated heterocycles. The monoisotopic (exact) mass is 722 g/mol. The third kappa shape index (κ3) is 7.76. The summed E-state index contributed by atoms with van der Waals surface area (Å²) < 4.78 is 12.6. The molecule has 1 amide bonds. The van der Waals surface area contributed by atoms with Gasteiger partial charge in [0, 0.05) is 73.5 Å². The number of rotatable bonds is 12. The van der Waals surface area contributed by atoms with Gasteiger partial charge < -0.3 is 25.4 Å². The second kappa shape index (κ2) is 15.6. The molecule has 0 radical (unpaired) electrons. The molecule has 280 valence electrons. The van der Waals surface area contributed by atoms with E-state index in [0.29, 0.717) is 28.7 Å². The third-order valence-electron chi connectivity index (χ3n) is 13.9. The smallest absolute Gasteiger partial charge is 0.302 e. The number of hydrogen-bond donors (Lipinski definition) is 3. The molecule has 10 heteroatoms. The van der Waals surface area contributed by atoms with Gasteiger partial charge in [0.05, 0.1) is 5.52 Å². The van der Waals surface area contributed by atoms with Crippen LogP contribution in [0.25, 0.3) is 10.9 Å². The molecule has 6 rings (SSSR count). The van der Waals surface area contributed by atoms with Gasteiger partial charge >= 0.3 is 11.9 Å². The van der Waals surface area contributed by atoms with Crippen LogP contribution in [0.5, 0.6) is 0 Å². The van der Waals surface area contributed by atoms with Gasteiger partial charge in [-0.15, -0.1) is 0 Å². The Kier molecular flexibility index (Phi) is 11.6. The van der Waals surface area contributed by atoms with Crippen molar-refractivity contribution in [1.82, 2.24) is 15.6 Å². The highest BCUT2D eigenvalue weighted by Crippen LogP contribution is 2.69. The topological polar surface area (TPSA) is 119 Å². The van der Waals surface area contributed by atoms with Crippen molar-refractivity contribution in [1.29, 1.82) is 0 Å². The van der Waals surface area contributed by atoms with Gasteiger partial charge in [-0.25, -0.2) is 0 Å². The Morgan fingerprint density at radius 1 is 0.961 bits per heavy atom. The highest BCUT2D eigenvalue weighted by molar-refractivity contribution is 6.31. The van der Waals surface area contributed by atoms with E-state index in [1.54, 1.807) is 13.8 Å². The van der Waals surface area contributed by atoms with Crippen LogP contribution in [0.4, 0.5) is 5.69 Å². The molecule has 1 aromatic carbocycles. The molecule has 0 spiro atoms. The number of aromatic nitrogens is 1. The van der Waals surface area contributed by atoms with Crippen molar-refractivity contribution in [2.75, 3.05) is 25.0 Å². The number of esters is 2. The second-order valence-electron chi connectivity index (χ2n) is 16.7. The molecule has 4 fully saturated rings. The van der Waals surface area contributed by atoms with Crippen molar-refractivity contribution < 1.29 is 23.9 Å². The van der Waals surface area contributed by atoms with E-state index in [2.05, 4.69) is 41.7 Å². The lowest BCUT2D eigenvalue weighted by atomic mass is 9.43. The lowest BCUT2D eigenvalue weighted by Gasteiger charge is -2.64. The summed E-state index contributed by atoms with van der Waals surface area (Å²) in [6, 6.07) is 7.95. The standard InChI is InChI=1S/C41H59ClN4O5/c1-24(8-7-16-43-18-19-45-35-14-17-44-36-22-29(42)9-10-31(35)36)32-11-12-33-39-34(23-38(41(32,33)6)51-27(4)49)40(5)15-13-30(46-25(2)47)20-28(40)21-37(39)50-26(3)48/h9-10,14,17,22,24,28,30,32-34,37-39,43H,7-8,11-13,15-16,18-21,23H2,1-6H3,(H,44,45)(H,46,47)/t24?,28-,30+,32+,33?,34?,37+,38-,39?,40-,41+/m0/s1. The van der Waals surface area contributed by atoms with Crippen LogP contribution in [0.3, 0.4) is 0 Å². The maximum absolute atomic E-state index is 12.7. The van der Waals surface area contributed by atoms with Gasteiger partial charge in [0.2, 0.25) is 5.91 Å². The highest BCUT2D eigenvalue weighted by atomic mass is 35.5. The Bertz CT molecular complexity index is 1590. The average Bonchev–Trinajstić information content (AvgIpc) is 3.42. The predicted molar refractivity (Wildman–Crippen MR) is 201 cm³/mol. The number of ether oxygens (including phenoxy) is 2. The molecule has 51 heavy (non-hydrogen) atoms. The van der Waals surface area contributed by atoms with E-state index < -0.39 is 0 Å². The van der Waals surface area contributed by atoms with Crippen molar-refractivity contribution in [3.63, 3.8) is 0 Å². The van der Waals surface area contributed by atoms with Crippen LogP contribution in [-0.4, -0.2) is 60.7 Å². The summed E-state index contributed by atoms with van der Waals surface area (Å²) in [6.45, 7) is 14.5. The number of benzene rings is 1. The molecule has 0 aliphatic heterocycles. The number of nitrogens with zero attached hydrogens (tertiary/aromatic N) is 1. The van der Waals surface area contributed by atoms with Gasteiger partial charge in [-0.2, -0.15) is 0 Å². The first-order valence-corrected chi connectivity index (χ1v) is 19.8. The number of pyridine rings is 1. The molecule has 3 N–H and O–H groups in total. The SMILES string of the molecule is CC(=O)N[C@@H]1CC[C@]2(C)C3C[C@H](OC(C)=O)[C@@]4(C)C(CC[C@@H]4C(C)CCCNCCNc4ccnc5cc(Cl)ccc45)C3[C@H](OC(C)=O)C[C@@H]2C1. The maximum Gasteiger partial charge on any atom is 0.302 e. The van der Waals surface area contributed by atoms with E-state index in [1.807, 2.05) is 30.5 Å². The molecular weight excluding hydrogens is 664 g/mol. The van der Waals surface area contributed by atoms with Crippen molar-refractivity contribution in [2.45, 2.75) is 118 Å². The first kappa shape index (κ1) is 37.8. The van der Waals surface area contributed by atoms with E-state index in [0.717, 1.165) is 94.0 Å². The van der Waals surface area contributed by atoms with Crippen LogP contribution < -0.4 is 16.0 Å². The maximum atomic E-state index is 12.7. The average molecular weight is 723 g/mol. The van der Waals surface area contributed by atoms with Crippen LogP contribution in [0, 0.1) is 46.3 Å². The van der Waals surface area contributed by atoms with Gasteiger partial charge in [0.25, 0.3) is 0 Å². The lowest BCUT2D eigenvalue weighted by molar-refractivity contribution is -0.220. The van der Waals surface area contributed by atoms with Gasteiger partial charge in [0.15, 0.2) is 0 Å². The number of halogens is 1. The van der Waals surface area contributed by atoms with Gasteiger partial charge in [-0.1, -0.05) is 32.4 Å². The molecule has 1 heterocycles. The molecular formula is C41H59ClN4O5. The molecule has 9 nitrogen and oxygen atoms in total. The number of carbonyl (C=O) groups excluding carboxylic acids is 3. The van der Waals surface area contributed by atoms with Gasteiger partial charge in [0.1, 0.15) is 12.2 Å². The minimum absolute atomic E-state index is 0.0114. The summed E-state index contributed by atoms with van der Waals surface area (Å²) in [4.78, 5) is 41.7. The zero-order valence-corrected chi connectivity index (χ0v) is 32.2. The van der Waals surface area contributed by atoms with Crippen LogP contribution in [-0.2, 0) is 23.9 Å². The van der Waals surface area contributed by atoms with Gasteiger partial charge in [-0.05, 0) is 124 Å². The van der Waals surface area contributed by atoms with E-state index in [1.165, 1.54) is 6.92 Å². The van der Waals surface area contributed by atoms with E-state index in [9.17, 15) is 14.4 Å². The number of hydrogen-bond acceptors (Lipinski definition) is 8. The first-order valence-electron chi connectivity index (χ1n) is 19.4. The Morgan fingerprint density at radius 3 is 2.49 bits per heavy atom. The highest BCUT2D eigenvalue weighted by Gasteiger charge is 2.67. The number of carbonyl (C=O) groups is 3. The van der Waals surface area contributed by atoms with Crippen LogP contribution in [0.2, 0.25) is 5.02 Å². The molecule has 4 saturated carbocycles. The quantitative estimate of drug-likeness (QED) is 0.152. The Hall–Kier alpha value is -2.91. The largest absolute Gasteiger partial charge is 0.462 e. The Balaban J connectivity index is 1.10. The first-order chi connectivity index (χ1) is 24.3. The summed E-state index contributed by atoms with van der Waals surface area (Å²) in [7, 11) is 0. The summed E-state index contributed by atoms with van der Waals surface area (Å²) in [5.74, 6) is 1.65. The zero-order chi connectivity index (χ0) is 36.5. The lowest BCUT2D eigenvalue weighted by Crippen LogP contribution is -2.64. The molecule has 1 aromatic heterocycles. The minimum atomic E-state index is -0.218. The molecule has 2 aromatic rings. The minimum Gasteiger partial charge on any atom is -0.462 e. The van der Waals surface area contributed by atoms with Crippen molar-refractivity contribution in [2.24, 2.45) is 46.3 Å². The van der Waals surface area contributed by atoms with Crippen LogP contribution in [0.15, 0.2) is 30.5 Å². The molecule has 0 bridgehead atoms. The summed E-state index contributed by atoms with van der Waals surface area (Å²) in [6.07, 6.45) is 10.3. The summed E-state index contributed by atoms with van der Waals surface area (Å²) in [5, 5.41) is 12.1. The molecule has 11 atom stereocenters. The molecule has 4 aliphatic rings. The second-order valence-corrected chi connectivity index (χ2v) is 17.2. The fraction of sp³-hybridized carbons (Fsp3) is 0.707. The summed E-state index contributed by atoms with van der Waals surface area (Å²) in [5.41, 5.74) is 1.80. The molecule has 4 unspecified atom stereocenters. The fourth-order valence-corrected chi connectivity index (χ4v) is 11.8. The molecule has 4 aliphatic carbocycles. The van der Waals surface area contributed by atoms with Crippen LogP contribution in [0.1, 0.15) is 99.3 Å². The van der Waals surface area contributed by atoms with Crippen molar-refractivity contribution in [3.8, 4) is 0 Å². The number of fused-ring (bicyclic) bond motifs is 6. The normalized spacial score (nSPS) is 34.8. The fourth-order valence-electron chi connectivity index (χ4n) is 11.7. The Morgan fingerprint density at radius 2 is 1.75 bits per heavy atom. The van der Waals surface area contributed by atoms with Crippen LogP contribution >= 0.6 is 11.6 Å². The van der Waals surface area contributed by atoms with E-state index in [4.69, 9.17) is 21.1 Å². The van der Waals surface area contributed by atoms with Gasteiger partial charge in [-0.3, -0.25) is 19.4 Å². The van der Waals surface area contributed by atoms with Crippen molar-refractivity contribution >= 4 is 46.0 Å². The number of nitrogens with one attached hydrogen (secondary N) is 3. The van der Waals surface area contributed by atoms with E-state index in [-0.39, 0.29) is 58.8 Å². The van der Waals surface area contributed by atoms with E-state index >= 15 is 0 Å². The third-order valence-corrected chi connectivity index (χ3v) is 14.1. The van der Waals surface area contributed by atoms with Crippen molar-refractivity contribution in [3.05, 3.63) is 35.5 Å².